The third kappa shape index (κ3) is 4.83. The standard InChI is InChI=1S/C20H18FN5O3/c1-22-19(27)17-9-12(5-7-24-17)26-16-4-3-13(10-15(16)21)29-14-6-8-25-18(11-14)20(28)23-2/h3-11H,1-2H3,(H,22,27)(H,23,28)(H,24,26)/i1D3. The van der Waals surface area contributed by atoms with Gasteiger partial charge in [-0.25, -0.2) is 4.39 Å². The molecule has 0 fully saturated rings. The Morgan fingerprint density at radius 3 is 2.38 bits per heavy atom. The lowest BCUT2D eigenvalue weighted by molar-refractivity contribution is 0.0950. The SMILES string of the molecule is [2H]C([2H])([2H])NC(=O)c1cc(Nc2ccc(Oc3ccnc(C(=O)NC)c3)cc2F)ccn1. The predicted octanol–water partition coefficient (Wildman–Crippen LogP) is 2.87. The molecule has 0 aliphatic carbocycles. The molecule has 0 saturated carbocycles. The Kier molecular flexibility index (Phi) is 4.84. The molecule has 3 N–H and O–H groups in total. The van der Waals surface area contributed by atoms with Crippen molar-refractivity contribution in [2.24, 2.45) is 0 Å². The van der Waals surface area contributed by atoms with Crippen LogP contribution in [0, 0.1) is 5.82 Å². The molecule has 0 unspecified atom stereocenters. The third-order valence-electron chi connectivity index (χ3n) is 3.75. The van der Waals surface area contributed by atoms with Gasteiger partial charge in [0, 0.05) is 48.3 Å². The molecule has 8 nitrogen and oxygen atoms in total. The summed E-state index contributed by atoms with van der Waals surface area (Å²) in [7, 11) is 1.48. The summed E-state index contributed by atoms with van der Waals surface area (Å²) in [6.07, 6.45) is 2.69. The highest BCUT2D eigenvalue weighted by atomic mass is 19.1. The summed E-state index contributed by atoms with van der Waals surface area (Å²) in [5.74, 6) is -1.42. The average Bonchev–Trinajstić information content (AvgIpc) is 2.74. The molecule has 29 heavy (non-hydrogen) atoms. The van der Waals surface area contributed by atoms with Crippen molar-refractivity contribution in [3.8, 4) is 11.5 Å². The van der Waals surface area contributed by atoms with Crippen LogP contribution in [0.25, 0.3) is 0 Å². The third-order valence-corrected chi connectivity index (χ3v) is 3.75. The zero-order valence-electron chi connectivity index (χ0n) is 18.2. The summed E-state index contributed by atoms with van der Waals surface area (Å²) >= 11 is 0. The molecular weight excluding hydrogens is 377 g/mol. The minimum Gasteiger partial charge on any atom is -0.457 e. The quantitative estimate of drug-likeness (QED) is 0.590. The minimum atomic E-state index is -2.65. The van der Waals surface area contributed by atoms with Crippen LogP contribution < -0.4 is 20.7 Å². The van der Waals surface area contributed by atoms with Gasteiger partial charge in [0.1, 0.15) is 28.7 Å². The van der Waals surface area contributed by atoms with Crippen molar-refractivity contribution in [3.63, 3.8) is 0 Å². The molecule has 0 saturated heterocycles. The fourth-order valence-corrected chi connectivity index (χ4v) is 2.38. The molecule has 1 aromatic carbocycles. The predicted molar refractivity (Wildman–Crippen MR) is 105 cm³/mol. The molecule has 0 bridgehead atoms. The van der Waals surface area contributed by atoms with E-state index < -0.39 is 18.7 Å². The highest BCUT2D eigenvalue weighted by Gasteiger charge is 2.10. The second-order valence-corrected chi connectivity index (χ2v) is 5.71. The van der Waals surface area contributed by atoms with Gasteiger partial charge < -0.3 is 20.7 Å². The number of aromatic nitrogens is 2. The second kappa shape index (κ2) is 8.79. The second-order valence-electron chi connectivity index (χ2n) is 5.71. The van der Waals surface area contributed by atoms with Gasteiger partial charge in [0.25, 0.3) is 11.8 Å². The summed E-state index contributed by atoms with van der Waals surface area (Å²) in [6.45, 7) is -2.65. The zero-order valence-corrected chi connectivity index (χ0v) is 15.2. The Morgan fingerprint density at radius 2 is 1.66 bits per heavy atom. The van der Waals surface area contributed by atoms with Crippen LogP contribution in [0.1, 0.15) is 25.1 Å². The average molecular weight is 398 g/mol. The van der Waals surface area contributed by atoms with Crippen molar-refractivity contribution < 1.29 is 22.8 Å². The van der Waals surface area contributed by atoms with Gasteiger partial charge in [-0.05, 0) is 30.3 Å². The summed E-state index contributed by atoms with van der Waals surface area (Å²) in [6, 6.07) is 9.81. The van der Waals surface area contributed by atoms with E-state index >= 15 is 0 Å². The number of benzene rings is 1. The maximum Gasteiger partial charge on any atom is 0.269 e. The monoisotopic (exact) mass is 398 g/mol. The lowest BCUT2D eigenvalue weighted by Gasteiger charge is -2.11. The molecule has 0 aliphatic heterocycles. The normalized spacial score (nSPS) is 12.1. The minimum absolute atomic E-state index is 0.0894. The summed E-state index contributed by atoms with van der Waals surface area (Å²) in [4.78, 5) is 31.4. The molecule has 2 amide bonds. The van der Waals surface area contributed by atoms with Crippen LogP contribution in [0.4, 0.5) is 15.8 Å². The fourth-order valence-electron chi connectivity index (χ4n) is 2.38. The molecule has 3 rings (SSSR count). The highest BCUT2D eigenvalue weighted by Crippen LogP contribution is 2.27. The van der Waals surface area contributed by atoms with Crippen LogP contribution >= 0.6 is 0 Å². The largest absolute Gasteiger partial charge is 0.457 e. The topological polar surface area (TPSA) is 105 Å². The van der Waals surface area contributed by atoms with Crippen molar-refractivity contribution >= 4 is 23.2 Å². The van der Waals surface area contributed by atoms with E-state index in [1.807, 2.05) is 5.32 Å². The number of pyridine rings is 2. The van der Waals surface area contributed by atoms with E-state index in [-0.39, 0.29) is 28.7 Å². The molecule has 9 heteroatoms. The molecule has 2 heterocycles. The van der Waals surface area contributed by atoms with Crippen molar-refractivity contribution in [2.45, 2.75) is 0 Å². The van der Waals surface area contributed by atoms with E-state index in [0.717, 1.165) is 6.07 Å². The first-order valence-corrected chi connectivity index (χ1v) is 8.36. The first kappa shape index (κ1) is 16.0. The number of carbonyl (C=O) groups is 2. The van der Waals surface area contributed by atoms with E-state index in [9.17, 15) is 14.0 Å². The number of hydrogen-bond acceptors (Lipinski definition) is 6. The van der Waals surface area contributed by atoms with E-state index in [2.05, 4.69) is 20.6 Å². The Labute approximate surface area is 170 Å². The van der Waals surface area contributed by atoms with Gasteiger partial charge in [-0.2, -0.15) is 0 Å². The van der Waals surface area contributed by atoms with Gasteiger partial charge in [0.2, 0.25) is 0 Å². The number of anilines is 2. The van der Waals surface area contributed by atoms with Crippen LogP contribution in [-0.2, 0) is 0 Å². The fraction of sp³-hybridized carbons (Fsp3) is 0.100. The van der Waals surface area contributed by atoms with Crippen molar-refractivity contribution in [1.82, 2.24) is 20.6 Å². The van der Waals surface area contributed by atoms with Crippen LogP contribution in [0.5, 0.6) is 11.5 Å². The summed E-state index contributed by atoms with van der Waals surface area (Å²) < 4.78 is 41.5. The number of nitrogens with one attached hydrogen (secondary N) is 3. The Bertz CT molecular complexity index is 1160. The lowest BCUT2D eigenvalue weighted by atomic mass is 10.2. The summed E-state index contributed by atoms with van der Waals surface area (Å²) in [5.41, 5.74) is 0.426. The van der Waals surface area contributed by atoms with Gasteiger partial charge in [0.15, 0.2) is 0 Å². The van der Waals surface area contributed by atoms with Gasteiger partial charge in [-0.15, -0.1) is 0 Å². The highest BCUT2D eigenvalue weighted by molar-refractivity contribution is 5.93. The first-order valence-electron chi connectivity index (χ1n) is 9.86. The number of rotatable bonds is 6. The van der Waals surface area contributed by atoms with E-state index in [4.69, 9.17) is 8.85 Å². The molecule has 0 aliphatic rings. The summed E-state index contributed by atoms with van der Waals surface area (Å²) in [5, 5.41) is 7.08. The van der Waals surface area contributed by atoms with Crippen LogP contribution in [0.3, 0.4) is 0 Å². The number of carbonyl (C=O) groups excluding carboxylic acids is 2. The van der Waals surface area contributed by atoms with Crippen LogP contribution in [-0.4, -0.2) is 35.8 Å². The number of amides is 2. The first-order chi connectivity index (χ1) is 15.1. The van der Waals surface area contributed by atoms with Gasteiger partial charge in [-0.3, -0.25) is 19.6 Å². The number of ether oxygens (including phenoxy) is 1. The van der Waals surface area contributed by atoms with Crippen molar-refractivity contribution in [1.29, 1.82) is 0 Å². The van der Waals surface area contributed by atoms with Gasteiger partial charge >= 0.3 is 0 Å². The molecular formula is C20H18FN5O3. The maximum atomic E-state index is 14.6. The Balaban J connectivity index is 1.73. The lowest BCUT2D eigenvalue weighted by Crippen LogP contribution is -2.19. The Hall–Kier alpha value is -4.01. The molecule has 0 atom stereocenters. The van der Waals surface area contributed by atoms with Gasteiger partial charge in [-0.1, -0.05) is 0 Å². The van der Waals surface area contributed by atoms with E-state index in [1.165, 1.54) is 55.8 Å². The number of hydrogen-bond donors (Lipinski definition) is 3. The zero-order chi connectivity index (χ0) is 23.3. The number of nitrogens with zero attached hydrogens (tertiary/aromatic N) is 2. The Morgan fingerprint density at radius 1 is 0.966 bits per heavy atom. The number of halogens is 1. The molecule has 148 valence electrons. The van der Waals surface area contributed by atoms with Gasteiger partial charge in [0.05, 0.1) is 5.69 Å². The van der Waals surface area contributed by atoms with Crippen molar-refractivity contribution in [3.05, 3.63) is 72.1 Å². The maximum absolute atomic E-state index is 14.6. The van der Waals surface area contributed by atoms with E-state index in [0.29, 0.717) is 11.4 Å². The molecule has 0 radical (unpaired) electrons. The smallest absolute Gasteiger partial charge is 0.269 e. The van der Waals surface area contributed by atoms with E-state index in [1.54, 1.807) is 0 Å². The van der Waals surface area contributed by atoms with Crippen LogP contribution in [0.15, 0.2) is 54.9 Å². The van der Waals surface area contributed by atoms with Crippen molar-refractivity contribution in [2.75, 3.05) is 19.3 Å². The molecule has 3 aromatic rings. The molecule has 2 aromatic heterocycles. The molecule has 0 spiro atoms. The van der Waals surface area contributed by atoms with Crippen LogP contribution in [0.2, 0.25) is 0 Å².